The van der Waals surface area contributed by atoms with Gasteiger partial charge in [0, 0.05) is 17.3 Å². The lowest BCUT2D eigenvalue weighted by atomic mass is 10.0. The Morgan fingerprint density at radius 1 is 1.06 bits per heavy atom. The van der Waals surface area contributed by atoms with Gasteiger partial charge in [-0.1, -0.05) is 35.9 Å². The summed E-state index contributed by atoms with van der Waals surface area (Å²) in [4.78, 5) is 0. The predicted octanol–water partition coefficient (Wildman–Crippen LogP) is 4.57. The first-order valence-electron chi connectivity index (χ1n) is 5.71. The fourth-order valence-corrected chi connectivity index (χ4v) is 1.99. The second-order valence-electron chi connectivity index (χ2n) is 4.22. The Morgan fingerprint density at radius 3 is 2.59 bits per heavy atom. The molecule has 0 atom stereocenters. The average molecular weight is 246 g/mol. The topological polar surface area (TPSA) is 12.0 Å². The van der Waals surface area contributed by atoms with Gasteiger partial charge in [-0.25, -0.2) is 0 Å². The molecule has 0 fully saturated rings. The van der Waals surface area contributed by atoms with E-state index in [1.807, 2.05) is 24.3 Å². The van der Waals surface area contributed by atoms with Gasteiger partial charge in [0.25, 0.3) is 0 Å². The van der Waals surface area contributed by atoms with Gasteiger partial charge in [0.2, 0.25) is 0 Å². The summed E-state index contributed by atoms with van der Waals surface area (Å²) in [5.41, 5.74) is 5.06. The zero-order valence-electron chi connectivity index (χ0n) is 10.1. The number of hydrogen-bond donors (Lipinski definition) is 1. The molecule has 0 radical (unpaired) electrons. The summed E-state index contributed by atoms with van der Waals surface area (Å²) >= 11 is 5.94. The molecule has 0 unspecified atom stereocenters. The third-order valence-corrected chi connectivity index (χ3v) is 3.26. The maximum absolute atomic E-state index is 5.94. The number of benzene rings is 2. The fraction of sp³-hybridized carbons (Fsp3) is 0.200. The molecule has 0 aromatic heterocycles. The van der Waals surface area contributed by atoms with E-state index in [1.165, 1.54) is 16.7 Å². The summed E-state index contributed by atoms with van der Waals surface area (Å²) in [7, 11) is 0. The summed E-state index contributed by atoms with van der Waals surface area (Å²) in [6.45, 7) is 5.12. The standard InChI is InChI=1S/C15H16ClN/c1-11-5-3-6-13(12(11)2)10-17-15-8-4-7-14(16)9-15/h3-9,17H,10H2,1-2H3. The molecule has 0 aliphatic carbocycles. The Hall–Kier alpha value is -1.47. The van der Waals surface area contributed by atoms with E-state index in [0.29, 0.717) is 0 Å². The first-order chi connectivity index (χ1) is 8.16. The summed E-state index contributed by atoms with van der Waals surface area (Å²) in [5.74, 6) is 0. The number of rotatable bonds is 3. The van der Waals surface area contributed by atoms with E-state index < -0.39 is 0 Å². The Bertz CT molecular complexity index is 520. The first-order valence-corrected chi connectivity index (χ1v) is 6.09. The van der Waals surface area contributed by atoms with Crippen LogP contribution in [0, 0.1) is 13.8 Å². The highest BCUT2D eigenvalue weighted by Gasteiger charge is 2.00. The van der Waals surface area contributed by atoms with Crippen LogP contribution in [0.2, 0.25) is 5.02 Å². The zero-order chi connectivity index (χ0) is 12.3. The van der Waals surface area contributed by atoms with Gasteiger partial charge in [-0.3, -0.25) is 0 Å². The molecule has 2 aromatic carbocycles. The molecule has 2 aromatic rings. The van der Waals surface area contributed by atoms with Gasteiger partial charge in [-0.2, -0.15) is 0 Å². The first kappa shape index (κ1) is 12.0. The second-order valence-corrected chi connectivity index (χ2v) is 4.66. The van der Waals surface area contributed by atoms with Crippen molar-refractivity contribution in [1.82, 2.24) is 0 Å². The van der Waals surface area contributed by atoms with E-state index in [1.54, 1.807) is 0 Å². The minimum atomic E-state index is 0.760. The number of nitrogens with one attached hydrogen (secondary N) is 1. The third kappa shape index (κ3) is 3.01. The normalized spacial score (nSPS) is 10.3. The summed E-state index contributed by atoms with van der Waals surface area (Å²) in [6.07, 6.45) is 0. The molecule has 0 saturated carbocycles. The molecule has 0 aliphatic rings. The van der Waals surface area contributed by atoms with Crippen LogP contribution in [-0.4, -0.2) is 0 Å². The maximum Gasteiger partial charge on any atom is 0.0426 e. The maximum atomic E-state index is 5.94. The van der Waals surface area contributed by atoms with Gasteiger partial charge >= 0.3 is 0 Å². The highest BCUT2D eigenvalue weighted by Crippen LogP contribution is 2.18. The molecule has 0 aliphatic heterocycles. The zero-order valence-corrected chi connectivity index (χ0v) is 10.9. The molecule has 0 bridgehead atoms. The molecule has 1 nitrogen and oxygen atoms in total. The van der Waals surface area contributed by atoms with Gasteiger partial charge in [0.05, 0.1) is 0 Å². The van der Waals surface area contributed by atoms with Crippen LogP contribution in [0.3, 0.4) is 0 Å². The molecule has 2 heteroatoms. The lowest BCUT2D eigenvalue weighted by Crippen LogP contribution is -2.02. The minimum Gasteiger partial charge on any atom is -0.381 e. The quantitative estimate of drug-likeness (QED) is 0.835. The van der Waals surface area contributed by atoms with E-state index >= 15 is 0 Å². The van der Waals surface area contributed by atoms with Crippen LogP contribution in [0.5, 0.6) is 0 Å². The van der Waals surface area contributed by atoms with Gasteiger partial charge in [0.15, 0.2) is 0 Å². The van der Waals surface area contributed by atoms with Gasteiger partial charge in [0.1, 0.15) is 0 Å². The molecular weight excluding hydrogens is 230 g/mol. The summed E-state index contributed by atoms with van der Waals surface area (Å²) < 4.78 is 0. The van der Waals surface area contributed by atoms with Crippen molar-refractivity contribution in [2.24, 2.45) is 0 Å². The lowest BCUT2D eigenvalue weighted by Gasteiger charge is -2.11. The van der Waals surface area contributed by atoms with E-state index in [0.717, 1.165) is 17.3 Å². The Morgan fingerprint density at radius 2 is 1.82 bits per heavy atom. The fourth-order valence-electron chi connectivity index (χ4n) is 1.80. The highest BCUT2D eigenvalue weighted by molar-refractivity contribution is 6.30. The smallest absolute Gasteiger partial charge is 0.0426 e. The number of anilines is 1. The molecule has 0 saturated heterocycles. The molecule has 1 N–H and O–H groups in total. The van der Waals surface area contributed by atoms with Crippen molar-refractivity contribution in [2.75, 3.05) is 5.32 Å². The lowest BCUT2D eigenvalue weighted by molar-refractivity contribution is 1.10. The Labute approximate surface area is 107 Å². The van der Waals surface area contributed by atoms with Crippen LogP contribution in [0.4, 0.5) is 5.69 Å². The van der Waals surface area contributed by atoms with Crippen molar-refractivity contribution < 1.29 is 0 Å². The summed E-state index contributed by atoms with van der Waals surface area (Å²) in [6, 6.07) is 14.2. The molecular formula is C15H16ClN. The van der Waals surface area contributed by atoms with Crippen molar-refractivity contribution in [3.8, 4) is 0 Å². The molecule has 0 heterocycles. The van der Waals surface area contributed by atoms with E-state index in [4.69, 9.17) is 11.6 Å². The van der Waals surface area contributed by atoms with Crippen molar-refractivity contribution in [1.29, 1.82) is 0 Å². The molecule has 0 amide bonds. The van der Waals surface area contributed by atoms with Crippen molar-refractivity contribution >= 4 is 17.3 Å². The SMILES string of the molecule is Cc1cccc(CNc2cccc(Cl)c2)c1C. The van der Waals surface area contributed by atoms with Crippen LogP contribution in [0.25, 0.3) is 0 Å². The van der Waals surface area contributed by atoms with Crippen molar-refractivity contribution in [3.63, 3.8) is 0 Å². The van der Waals surface area contributed by atoms with Crippen LogP contribution in [0.15, 0.2) is 42.5 Å². The minimum absolute atomic E-state index is 0.760. The monoisotopic (exact) mass is 245 g/mol. The largest absolute Gasteiger partial charge is 0.381 e. The van der Waals surface area contributed by atoms with Crippen molar-refractivity contribution in [2.45, 2.75) is 20.4 Å². The number of hydrogen-bond acceptors (Lipinski definition) is 1. The number of halogens is 1. The highest BCUT2D eigenvalue weighted by atomic mass is 35.5. The molecule has 0 spiro atoms. The summed E-state index contributed by atoms with van der Waals surface area (Å²) in [5, 5.41) is 4.15. The van der Waals surface area contributed by atoms with E-state index in [-0.39, 0.29) is 0 Å². The van der Waals surface area contributed by atoms with Crippen LogP contribution >= 0.6 is 11.6 Å². The molecule has 2 rings (SSSR count). The van der Waals surface area contributed by atoms with Gasteiger partial charge < -0.3 is 5.32 Å². The van der Waals surface area contributed by atoms with Crippen LogP contribution in [0.1, 0.15) is 16.7 Å². The van der Waals surface area contributed by atoms with E-state index in [2.05, 4.69) is 37.4 Å². The third-order valence-electron chi connectivity index (χ3n) is 3.02. The average Bonchev–Trinajstić information content (AvgIpc) is 2.31. The molecule has 17 heavy (non-hydrogen) atoms. The second kappa shape index (κ2) is 5.24. The van der Waals surface area contributed by atoms with Gasteiger partial charge in [-0.15, -0.1) is 0 Å². The molecule has 88 valence electrons. The van der Waals surface area contributed by atoms with Crippen molar-refractivity contribution in [3.05, 3.63) is 64.2 Å². The van der Waals surface area contributed by atoms with Gasteiger partial charge in [-0.05, 0) is 48.7 Å². The predicted molar refractivity (Wildman–Crippen MR) is 74.7 cm³/mol. The Balaban J connectivity index is 2.10. The Kier molecular flexibility index (Phi) is 3.70. The van der Waals surface area contributed by atoms with E-state index in [9.17, 15) is 0 Å². The number of aryl methyl sites for hydroxylation is 1. The van der Waals surface area contributed by atoms with Crippen LogP contribution < -0.4 is 5.32 Å². The van der Waals surface area contributed by atoms with Crippen LogP contribution in [-0.2, 0) is 6.54 Å².